The monoisotopic (exact) mass is 251 g/mol. The molecule has 19 heavy (non-hydrogen) atoms. The predicted octanol–water partition coefficient (Wildman–Crippen LogP) is 2.91. The zero-order valence-corrected chi connectivity index (χ0v) is 10.5. The standard InChI is InChI=1S/C16H13NO2/c1-17-14-8-7-12(11-5-3-2-4-6-11)9-13(14)15(18)10-16(17)19/h2-10,18H,1H3. The number of nitrogens with zero attached hydrogens (tertiary/aromatic N) is 1. The van der Waals surface area contributed by atoms with Gasteiger partial charge in [0.1, 0.15) is 5.75 Å². The fourth-order valence-electron chi connectivity index (χ4n) is 2.25. The van der Waals surface area contributed by atoms with Crippen LogP contribution in [0, 0.1) is 0 Å². The number of hydrogen-bond acceptors (Lipinski definition) is 2. The topological polar surface area (TPSA) is 42.2 Å². The molecule has 0 fully saturated rings. The summed E-state index contributed by atoms with van der Waals surface area (Å²) < 4.78 is 1.53. The Morgan fingerprint density at radius 2 is 1.68 bits per heavy atom. The second kappa shape index (κ2) is 4.28. The van der Waals surface area contributed by atoms with Gasteiger partial charge in [0, 0.05) is 18.5 Å². The first-order valence-electron chi connectivity index (χ1n) is 6.05. The molecule has 1 aromatic heterocycles. The molecule has 0 amide bonds. The van der Waals surface area contributed by atoms with Gasteiger partial charge in [-0.3, -0.25) is 4.79 Å². The third-order valence-electron chi connectivity index (χ3n) is 3.33. The summed E-state index contributed by atoms with van der Waals surface area (Å²) in [5.41, 5.74) is 2.61. The zero-order valence-electron chi connectivity index (χ0n) is 10.5. The van der Waals surface area contributed by atoms with Crippen LogP contribution in [0.3, 0.4) is 0 Å². The summed E-state index contributed by atoms with van der Waals surface area (Å²) in [6.45, 7) is 0. The average molecular weight is 251 g/mol. The lowest BCUT2D eigenvalue weighted by atomic mass is 10.0. The molecule has 0 radical (unpaired) electrons. The maximum absolute atomic E-state index is 11.6. The van der Waals surface area contributed by atoms with Crippen LogP contribution >= 0.6 is 0 Å². The highest BCUT2D eigenvalue weighted by molar-refractivity contribution is 5.89. The van der Waals surface area contributed by atoms with E-state index in [4.69, 9.17) is 0 Å². The van der Waals surface area contributed by atoms with E-state index in [2.05, 4.69) is 0 Å². The van der Waals surface area contributed by atoms with Gasteiger partial charge in [0.15, 0.2) is 0 Å². The van der Waals surface area contributed by atoms with Crippen molar-refractivity contribution in [2.24, 2.45) is 7.05 Å². The van der Waals surface area contributed by atoms with Gasteiger partial charge in [0.05, 0.1) is 5.52 Å². The molecule has 0 unspecified atom stereocenters. The van der Waals surface area contributed by atoms with Crippen LogP contribution in [0.2, 0.25) is 0 Å². The molecule has 0 bridgehead atoms. The third kappa shape index (κ3) is 1.89. The van der Waals surface area contributed by atoms with Crippen molar-refractivity contribution in [2.75, 3.05) is 0 Å². The van der Waals surface area contributed by atoms with Crippen molar-refractivity contribution in [1.29, 1.82) is 0 Å². The molecule has 2 aromatic carbocycles. The molecular weight excluding hydrogens is 238 g/mol. The fourth-order valence-corrected chi connectivity index (χ4v) is 2.25. The van der Waals surface area contributed by atoms with E-state index in [-0.39, 0.29) is 11.3 Å². The first-order valence-corrected chi connectivity index (χ1v) is 6.05. The summed E-state index contributed by atoms with van der Waals surface area (Å²) in [4.78, 5) is 11.6. The van der Waals surface area contributed by atoms with Crippen molar-refractivity contribution < 1.29 is 5.11 Å². The number of aryl methyl sites for hydroxylation is 1. The second-order valence-corrected chi connectivity index (χ2v) is 4.52. The van der Waals surface area contributed by atoms with Crippen LogP contribution in [0.1, 0.15) is 0 Å². The largest absolute Gasteiger partial charge is 0.507 e. The number of rotatable bonds is 1. The van der Waals surface area contributed by atoms with E-state index in [1.807, 2.05) is 48.5 Å². The Morgan fingerprint density at radius 3 is 2.42 bits per heavy atom. The summed E-state index contributed by atoms with van der Waals surface area (Å²) in [5.74, 6) is 0.0240. The predicted molar refractivity (Wildman–Crippen MR) is 76.3 cm³/mol. The van der Waals surface area contributed by atoms with Crippen LogP contribution in [0.4, 0.5) is 0 Å². The number of fused-ring (bicyclic) bond motifs is 1. The third-order valence-corrected chi connectivity index (χ3v) is 3.33. The highest BCUT2D eigenvalue weighted by Gasteiger charge is 2.07. The molecule has 0 spiro atoms. The van der Waals surface area contributed by atoms with E-state index in [0.29, 0.717) is 5.39 Å². The summed E-state index contributed by atoms with van der Waals surface area (Å²) in [6, 6.07) is 16.9. The molecule has 0 aliphatic heterocycles. The fraction of sp³-hybridized carbons (Fsp3) is 0.0625. The van der Waals surface area contributed by atoms with Crippen molar-refractivity contribution in [3.8, 4) is 16.9 Å². The van der Waals surface area contributed by atoms with Crippen molar-refractivity contribution in [2.45, 2.75) is 0 Å². The molecule has 1 N–H and O–H groups in total. The van der Waals surface area contributed by atoms with Crippen LogP contribution in [0.25, 0.3) is 22.0 Å². The maximum atomic E-state index is 11.6. The van der Waals surface area contributed by atoms with Gasteiger partial charge >= 0.3 is 0 Å². The lowest BCUT2D eigenvalue weighted by molar-refractivity contribution is 0.479. The van der Waals surface area contributed by atoms with Gasteiger partial charge < -0.3 is 9.67 Å². The molecule has 3 rings (SSSR count). The van der Waals surface area contributed by atoms with Crippen LogP contribution in [0.15, 0.2) is 59.4 Å². The van der Waals surface area contributed by atoms with E-state index < -0.39 is 0 Å². The molecule has 0 aliphatic carbocycles. The van der Waals surface area contributed by atoms with Gasteiger partial charge in [-0.05, 0) is 23.3 Å². The highest BCUT2D eigenvalue weighted by Crippen LogP contribution is 2.28. The number of hydrogen-bond donors (Lipinski definition) is 1. The molecule has 0 atom stereocenters. The van der Waals surface area contributed by atoms with Crippen molar-refractivity contribution in [3.05, 3.63) is 65.0 Å². The van der Waals surface area contributed by atoms with Gasteiger partial charge in [-0.2, -0.15) is 0 Å². The van der Waals surface area contributed by atoms with Gasteiger partial charge in [-0.15, -0.1) is 0 Å². The number of aromatic nitrogens is 1. The summed E-state index contributed by atoms with van der Waals surface area (Å²) >= 11 is 0. The van der Waals surface area contributed by atoms with Crippen LogP contribution < -0.4 is 5.56 Å². The SMILES string of the molecule is Cn1c(=O)cc(O)c2cc(-c3ccccc3)ccc21. The number of pyridine rings is 1. The van der Waals surface area contributed by atoms with Crippen LogP contribution in [0.5, 0.6) is 5.75 Å². The number of benzene rings is 2. The molecule has 0 saturated carbocycles. The molecule has 94 valence electrons. The lowest BCUT2D eigenvalue weighted by Crippen LogP contribution is -2.15. The minimum Gasteiger partial charge on any atom is -0.507 e. The van der Waals surface area contributed by atoms with Gasteiger partial charge in [-0.25, -0.2) is 0 Å². The van der Waals surface area contributed by atoms with Crippen LogP contribution in [-0.4, -0.2) is 9.67 Å². The highest BCUT2D eigenvalue weighted by atomic mass is 16.3. The average Bonchev–Trinajstić information content (AvgIpc) is 2.45. The smallest absolute Gasteiger partial charge is 0.254 e. The van der Waals surface area contributed by atoms with Crippen molar-refractivity contribution in [3.63, 3.8) is 0 Å². The van der Waals surface area contributed by atoms with Gasteiger partial charge in [0.25, 0.3) is 5.56 Å². The Hall–Kier alpha value is -2.55. The Labute approximate surface area is 110 Å². The first-order chi connectivity index (χ1) is 9.16. The molecule has 3 aromatic rings. The van der Waals surface area contributed by atoms with Crippen molar-refractivity contribution >= 4 is 10.9 Å². The van der Waals surface area contributed by atoms with Crippen molar-refractivity contribution in [1.82, 2.24) is 4.57 Å². The molecule has 3 nitrogen and oxygen atoms in total. The second-order valence-electron chi connectivity index (χ2n) is 4.52. The molecular formula is C16H13NO2. The van der Waals surface area contributed by atoms with E-state index in [1.165, 1.54) is 10.6 Å². The quantitative estimate of drug-likeness (QED) is 0.722. The van der Waals surface area contributed by atoms with E-state index in [9.17, 15) is 9.90 Å². The molecule has 3 heteroatoms. The summed E-state index contributed by atoms with van der Waals surface area (Å²) in [6.07, 6.45) is 0. The summed E-state index contributed by atoms with van der Waals surface area (Å²) in [5, 5.41) is 10.6. The maximum Gasteiger partial charge on any atom is 0.254 e. The number of aromatic hydroxyl groups is 1. The minimum atomic E-state index is -0.211. The first kappa shape index (κ1) is 11.5. The molecule has 0 aliphatic rings. The van der Waals surface area contributed by atoms with E-state index in [1.54, 1.807) is 7.05 Å². The Morgan fingerprint density at radius 1 is 0.947 bits per heavy atom. The normalized spacial score (nSPS) is 10.8. The van der Waals surface area contributed by atoms with Crippen LogP contribution in [-0.2, 0) is 7.05 Å². The minimum absolute atomic E-state index is 0.0240. The Kier molecular flexibility index (Phi) is 2.60. The molecule has 1 heterocycles. The Balaban J connectivity index is 2.31. The zero-order chi connectivity index (χ0) is 13.4. The van der Waals surface area contributed by atoms with E-state index in [0.717, 1.165) is 16.6 Å². The summed E-state index contributed by atoms with van der Waals surface area (Å²) in [7, 11) is 1.70. The van der Waals surface area contributed by atoms with E-state index >= 15 is 0 Å². The Bertz CT molecular complexity index is 804. The molecule has 0 saturated heterocycles. The lowest BCUT2D eigenvalue weighted by Gasteiger charge is -2.08. The van der Waals surface area contributed by atoms with Gasteiger partial charge in [0.2, 0.25) is 0 Å². The van der Waals surface area contributed by atoms with Gasteiger partial charge in [-0.1, -0.05) is 36.4 Å².